The van der Waals surface area contributed by atoms with Crippen molar-refractivity contribution in [3.8, 4) is 6.07 Å². The standard InChI is InChI=1S/C16H27N3O2/c1-3-8-16(13-17,9-4-2)15(21)18-10-7-14(20)19-11-5-6-12-19/h3-12H2,1-2H3,(H,18,21). The molecule has 0 saturated carbocycles. The predicted octanol–water partition coefficient (Wildman–Crippen LogP) is 2.23. The summed E-state index contributed by atoms with van der Waals surface area (Å²) in [5.41, 5.74) is -0.930. The number of nitrogens with one attached hydrogen (secondary N) is 1. The zero-order valence-electron chi connectivity index (χ0n) is 13.3. The maximum absolute atomic E-state index is 12.3. The average molecular weight is 293 g/mol. The number of amides is 2. The Morgan fingerprint density at radius 1 is 1.19 bits per heavy atom. The molecule has 0 atom stereocenters. The number of hydrogen-bond acceptors (Lipinski definition) is 3. The number of nitriles is 1. The highest BCUT2D eigenvalue weighted by Gasteiger charge is 2.36. The van der Waals surface area contributed by atoms with Crippen LogP contribution in [0.15, 0.2) is 0 Å². The van der Waals surface area contributed by atoms with Gasteiger partial charge in [-0.1, -0.05) is 26.7 Å². The van der Waals surface area contributed by atoms with E-state index in [1.807, 2.05) is 18.7 Å². The molecule has 21 heavy (non-hydrogen) atoms. The van der Waals surface area contributed by atoms with Crippen LogP contribution in [-0.2, 0) is 9.59 Å². The minimum absolute atomic E-state index is 0.0985. The van der Waals surface area contributed by atoms with Gasteiger partial charge in [0.15, 0.2) is 0 Å². The zero-order valence-corrected chi connectivity index (χ0v) is 13.3. The molecule has 1 aliphatic heterocycles. The van der Waals surface area contributed by atoms with E-state index in [1.165, 1.54) is 0 Å². The predicted molar refractivity (Wildman–Crippen MR) is 81.3 cm³/mol. The Kier molecular flexibility index (Phi) is 7.21. The van der Waals surface area contributed by atoms with Crippen LogP contribution in [-0.4, -0.2) is 36.3 Å². The van der Waals surface area contributed by atoms with E-state index in [0.717, 1.165) is 38.8 Å². The first kappa shape index (κ1) is 17.5. The van der Waals surface area contributed by atoms with Crippen LogP contribution in [0.25, 0.3) is 0 Å². The normalized spacial score (nSPS) is 14.8. The van der Waals surface area contributed by atoms with E-state index in [2.05, 4.69) is 11.4 Å². The smallest absolute Gasteiger partial charge is 0.240 e. The Morgan fingerprint density at radius 2 is 1.76 bits per heavy atom. The molecule has 1 rings (SSSR count). The van der Waals surface area contributed by atoms with Crippen LogP contribution in [0.4, 0.5) is 0 Å². The quantitative estimate of drug-likeness (QED) is 0.745. The van der Waals surface area contributed by atoms with Crippen molar-refractivity contribution < 1.29 is 9.59 Å². The Hall–Kier alpha value is -1.57. The van der Waals surface area contributed by atoms with Crippen molar-refractivity contribution in [2.24, 2.45) is 5.41 Å². The Labute approximate surface area is 127 Å². The van der Waals surface area contributed by atoms with Crippen molar-refractivity contribution in [1.82, 2.24) is 10.2 Å². The van der Waals surface area contributed by atoms with Crippen LogP contribution in [0.3, 0.4) is 0 Å². The van der Waals surface area contributed by atoms with Crippen LogP contribution in [0.5, 0.6) is 0 Å². The van der Waals surface area contributed by atoms with Gasteiger partial charge in [0.1, 0.15) is 5.41 Å². The molecule has 5 heteroatoms. The van der Waals surface area contributed by atoms with Crippen LogP contribution in [0, 0.1) is 16.7 Å². The molecule has 0 aliphatic carbocycles. The molecule has 0 aromatic rings. The highest BCUT2D eigenvalue weighted by molar-refractivity contribution is 5.86. The monoisotopic (exact) mass is 293 g/mol. The van der Waals surface area contributed by atoms with Crippen molar-refractivity contribution in [3.05, 3.63) is 0 Å². The van der Waals surface area contributed by atoms with Crippen LogP contribution >= 0.6 is 0 Å². The number of carbonyl (C=O) groups excluding carboxylic acids is 2. The molecule has 118 valence electrons. The fourth-order valence-electron chi connectivity index (χ4n) is 2.94. The fraction of sp³-hybridized carbons (Fsp3) is 0.812. The third-order valence-corrected chi connectivity index (χ3v) is 4.09. The average Bonchev–Trinajstić information content (AvgIpc) is 3.00. The van der Waals surface area contributed by atoms with Gasteiger partial charge in [-0.2, -0.15) is 5.26 Å². The second-order valence-electron chi connectivity index (χ2n) is 5.79. The van der Waals surface area contributed by atoms with Gasteiger partial charge in [-0.3, -0.25) is 9.59 Å². The number of nitrogens with zero attached hydrogens (tertiary/aromatic N) is 2. The van der Waals surface area contributed by atoms with Gasteiger partial charge in [0.25, 0.3) is 0 Å². The highest BCUT2D eigenvalue weighted by atomic mass is 16.2. The van der Waals surface area contributed by atoms with E-state index < -0.39 is 5.41 Å². The summed E-state index contributed by atoms with van der Waals surface area (Å²) >= 11 is 0. The summed E-state index contributed by atoms with van der Waals surface area (Å²) < 4.78 is 0. The molecule has 1 N–H and O–H groups in total. The third-order valence-electron chi connectivity index (χ3n) is 4.09. The van der Waals surface area contributed by atoms with Gasteiger partial charge in [-0.25, -0.2) is 0 Å². The van der Waals surface area contributed by atoms with Gasteiger partial charge in [-0.05, 0) is 25.7 Å². The SMILES string of the molecule is CCCC(C#N)(CCC)C(=O)NCCC(=O)N1CCCC1. The van der Waals surface area contributed by atoms with Gasteiger partial charge in [-0.15, -0.1) is 0 Å². The van der Waals surface area contributed by atoms with Gasteiger partial charge in [0, 0.05) is 26.1 Å². The van der Waals surface area contributed by atoms with E-state index in [4.69, 9.17) is 0 Å². The summed E-state index contributed by atoms with van der Waals surface area (Å²) in [7, 11) is 0. The molecule has 1 aliphatic rings. The van der Waals surface area contributed by atoms with Crippen LogP contribution in [0.1, 0.15) is 58.8 Å². The van der Waals surface area contributed by atoms with Gasteiger partial charge in [0.2, 0.25) is 11.8 Å². The lowest BCUT2D eigenvalue weighted by molar-refractivity contribution is -0.131. The lowest BCUT2D eigenvalue weighted by atomic mass is 9.80. The van der Waals surface area contributed by atoms with E-state index >= 15 is 0 Å². The minimum Gasteiger partial charge on any atom is -0.354 e. The molecule has 0 unspecified atom stereocenters. The van der Waals surface area contributed by atoms with Crippen LogP contribution < -0.4 is 5.32 Å². The van der Waals surface area contributed by atoms with Gasteiger partial charge in [0.05, 0.1) is 6.07 Å². The maximum atomic E-state index is 12.3. The second-order valence-corrected chi connectivity index (χ2v) is 5.79. The van der Waals surface area contributed by atoms with Crippen molar-refractivity contribution in [1.29, 1.82) is 5.26 Å². The summed E-state index contributed by atoms with van der Waals surface area (Å²) in [6.45, 7) is 5.95. The summed E-state index contributed by atoms with van der Waals surface area (Å²) in [5.74, 6) is -0.121. The Morgan fingerprint density at radius 3 is 2.24 bits per heavy atom. The van der Waals surface area contributed by atoms with Crippen molar-refractivity contribution in [2.45, 2.75) is 58.8 Å². The van der Waals surface area contributed by atoms with E-state index in [-0.39, 0.29) is 11.8 Å². The summed E-state index contributed by atoms with van der Waals surface area (Å²) in [4.78, 5) is 26.1. The van der Waals surface area contributed by atoms with Crippen molar-refractivity contribution in [2.75, 3.05) is 19.6 Å². The van der Waals surface area contributed by atoms with Gasteiger partial charge < -0.3 is 10.2 Å². The topological polar surface area (TPSA) is 73.2 Å². The molecular weight excluding hydrogens is 266 g/mol. The van der Waals surface area contributed by atoms with E-state index in [1.54, 1.807) is 0 Å². The van der Waals surface area contributed by atoms with E-state index in [9.17, 15) is 14.9 Å². The second kappa shape index (κ2) is 8.66. The number of hydrogen-bond donors (Lipinski definition) is 1. The molecule has 0 aromatic heterocycles. The summed E-state index contributed by atoms with van der Waals surface area (Å²) in [6.07, 6.45) is 5.21. The molecule has 0 spiro atoms. The summed E-state index contributed by atoms with van der Waals surface area (Å²) in [6, 6.07) is 2.20. The maximum Gasteiger partial charge on any atom is 0.240 e. The molecule has 1 heterocycles. The first-order valence-corrected chi connectivity index (χ1v) is 8.07. The third kappa shape index (κ3) is 4.73. The molecular formula is C16H27N3O2. The number of likely N-dealkylation sites (tertiary alicyclic amines) is 1. The Bertz CT molecular complexity index is 389. The molecule has 0 aromatic carbocycles. The molecule has 0 radical (unpaired) electrons. The fourth-order valence-corrected chi connectivity index (χ4v) is 2.94. The largest absolute Gasteiger partial charge is 0.354 e. The first-order valence-electron chi connectivity index (χ1n) is 8.07. The van der Waals surface area contributed by atoms with Crippen molar-refractivity contribution >= 4 is 11.8 Å². The molecule has 2 amide bonds. The number of rotatable bonds is 8. The lowest BCUT2D eigenvalue weighted by Gasteiger charge is -2.24. The molecule has 0 bridgehead atoms. The molecule has 1 saturated heterocycles. The summed E-state index contributed by atoms with van der Waals surface area (Å²) in [5, 5.41) is 12.2. The van der Waals surface area contributed by atoms with E-state index in [0.29, 0.717) is 25.8 Å². The molecule has 5 nitrogen and oxygen atoms in total. The first-order chi connectivity index (χ1) is 10.1. The van der Waals surface area contributed by atoms with Crippen molar-refractivity contribution in [3.63, 3.8) is 0 Å². The minimum atomic E-state index is -0.930. The Balaban J connectivity index is 2.46. The highest BCUT2D eigenvalue weighted by Crippen LogP contribution is 2.29. The van der Waals surface area contributed by atoms with Crippen LogP contribution in [0.2, 0.25) is 0 Å². The molecule has 1 fully saturated rings. The van der Waals surface area contributed by atoms with Gasteiger partial charge >= 0.3 is 0 Å². The number of carbonyl (C=O) groups is 2. The zero-order chi connectivity index (χ0) is 15.7. The lowest BCUT2D eigenvalue weighted by Crippen LogP contribution is -2.41.